The van der Waals surface area contributed by atoms with Crippen molar-refractivity contribution >= 4 is 16.8 Å². The van der Waals surface area contributed by atoms with Gasteiger partial charge in [-0.25, -0.2) is 4.79 Å². The van der Waals surface area contributed by atoms with Crippen molar-refractivity contribution in [3.63, 3.8) is 0 Å². The van der Waals surface area contributed by atoms with E-state index >= 15 is 0 Å². The number of likely N-dealkylation sites (tertiary alicyclic amines) is 1. The lowest BCUT2D eigenvalue weighted by atomic mass is 10.1. The number of ketones is 1. The maximum atomic E-state index is 11.9. The molecule has 5 nitrogen and oxygen atoms in total. The zero-order valence-corrected chi connectivity index (χ0v) is 10.3. The lowest BCUT2D eigenvalue weighted by molar-refractivity contribution is 0.105. The summed E-state index contributed by atoms with van der Waals surface area (Å²) in [5.41, 5.74) is 1.53. The summed E-state index contributed by atoms with van der Waals surface area (Å²) < 4.78 is 0. The first-order valence-electron chi connectivity index (χ1n) is 6.25. The summed E-state index contributed by atoms with van der Waals surface area (Å²) in [6, 6.07) is 7.91. The van der Waals surface area contributed by atoms with Crippen LogP contribution in [-0.2, 0) is 0 Å². The van der Waals surface area contributed by atoms with Crippen LogP contribution < -0.4 is 5.69 Å². The molecule has 1 aromatic heterocycles. The van der Waals surface area contributed by atoms with E-state index < -0.39 is 0 Å². The molecule has 1 aliphatic rings. The average molecular weight is 255 g/mol. The van der Waals surface area contributed by atoms with Crippen molar-refractivity contribution in [3.8, 4) is 12.0 Å². The second-order valence-corrected chi connectivity index (χ2v) is 4.60. The molecule has 0 amide bonds. The van der Waals surface area contributed by atoms with Crippen molar-refractivity contribution in [3.05, 3.63) is 34.2 Å². The smallest absolute Gasteiger partial charge is 0.323 e. The Morgan fingerprint density at radius 2 is 1.89 bits per heavy atom. The van der Waals surface area contributed by atoms with Crippen LogP contribution in [-0.4, -0.2) is 33.7 Å². The summed E-state index contributed by atoms with van der Waals surface area (Å²) in [7, 11) is 0. The number of fused-ring (bicyclic) bond motifs is 1. The van der Waals surface area contributed by atoms with E-state index in [0.29, 0.717) is 16.6 Å². The zero-order chi connectivity index (χ0) is 13.2. The summed E-state index contributed by atoms with van der Waals surface area (Å²) in [4.78, 5) is 30.3. The van der Waals surface area contributed by atoms with E-state index in [0.717, 1.165) is 25.9 Å². The molecule has 0 radical (unpaired) electrons. The van der Waals surface area contributed by atoms with Gasteiger partial charge in [0.1, 0.15) is 0 Å². The molecule has 1 fully saturated rings. The Balaban J connectivity index is 1.86. The second-order valence-electron chi connectivity index (χ2n) is 4.60. The van der Waals surface area contributed by atoms with Crippen molar-refractivity contribution < 1.29 is 4.79 Å². The third-order valence-electron chi connectivity index (χ3n) is 3.21. The van der Waals surface area contributed by atoms with E-state index in [1.54, 1.807) is 18.2 Å². The summed E-state index contributed by atoms with van der Waals surface area (Å²) in [5.74, 6) is 2.42. The molecule has 0 unspecified atom stereocenters. The molecule has 0 aliphatic carbocycles. The lowest BCUT2D eigenvalue weighted by Gasteiger charge is -2.05. The number of carbonyl (C=O) groups is 1. The van der Waals surface area contributed by atoms with Gasteiger partial charge < -0.3 is 14.9 Å². The van der Waals surface area contributed by atoms with Gasteiger partial charge in [-0.05, 0) is 37.0 Å². The standard InChI is InChI=1S/C14H13N3O2/c18-13(5-8-17-6-1-2-7-17)10-3-4-11-12(9-10)16-14(19)15-11/h3-4,9H,1-2,6-7H2,(H2,15,16,19). The first-order chi connectivity index (χ1) is 9.22. The van der Waals surface area contributed by atoms with Gasteiger partial charge in [-0.2, -0.15) is 0 Å². The summed E-state index contributed by atoms with van der Waals surface area (Å²) in [6.45, 7) is 1.87. The molecule has 2 aromatic rings. The van der Waals surface area contributed by atoms with Crippen LogP contribution in [0.4, 0.5) is 0 Å². The molecule has 1 saturated heterocycles. The van der Waals surface area contributed by atoms with Gasteiger partial charge in [0, 0.05) is 24.7 Å². The number of hydrogen-bond donors (Lipinski definition) is 2. The number of Topliss-reactive ketones (excluding diaryl/α,β-unsaturated/α-hetero) is 1. The Kier molecular flexibility index (Phi) is 2.84. The van der Waals surface area contributed by atoms with Gasteiger partial charge in [0.05, 0.1) is 11.0 Å². The van der Waals surface area contributed by atoms with Gasteiger partial charge >= 0.3 is 5.69 Å². The first kappa shape index (κ1) is 11.6. The van der Waals surface area contributed by atoms with Crippen molar-refractivity contribution in [2.45, 2.75) is 12.8 Å². The van der Waals surface area contributed by atoms with Gasteiger partial charge in [0.2, 0.25) is 5.78 Å². The first-order valence-corrected chi connectivity index (χ1v) is 6.25. The van der Waals surface area contributed by atoms with E-state index in [4.69, 9.17) is 0 Å². The van der Waals surface area contributed by atoms with Crippen LogP contribution in [0.25, 0.3) is 11.0 Å². The normalized spacial score (nSPS) is 14.4. The molecule has 2 heterocycles. The summed E-state index contributed by atoms with van der Waals surface area (Å²) in [5, 5.41) is 0. The maximum Gasteiger partial charge on any atom is 0.323 e. The van der Waals surface area contributed by atoms with Crippen LogP contribution in [0.5, 0.6) is 0 Å². The molecule has 0 bridgehead atoms. The van der Waals surface area contributed by atoms with E-state index in [-0.39, 0.29) is 11.5 Å². The fraction of sp³-hybridized carbons (Fsp3) is 0.286. The highest BCUT2D eigenvalue weighted by atomic mass is 16.1. The highest BCUT2D eigenvalue weighted by Gasteiger charge is 2.08. The second kappa shape index (κ2) is 4.65. The largest absolute Gasteiger partial charge is 0.332 e. The lowest BCUT2D eigenvalue weighted by Crippen LogP contribution is -2.12. The van der Waals surface area contributed by atoms with Crippen molar-refractivity contribution in [2.24, 2.45) is 0 Å². The van der Waals surface area contributed by atoms with Crippen LogP contribution in [0, 0.1) is 12.0 Å². The van der Waals surface area contributed by atoms with Crippen LogP contribution in [0.2, 0.25) is 0 Å². The molecule has 1 aromatic carbocycles. The average Bonchev–Trinajstić information content (AvgIpc) is 3.02. The fourth-order valence-corrected chi connectivity index (χ4v) is 2.20. The minimum Gasteiger partial charge on any atom is -0.332 e. The van der Waals surface area contributed by atoms with Crippen molar-refractivity contribution in [2.75, 3.05) is 13.1 Å². The molecule has 1 aliphatic heterocycles. The van der Waals surface area contributed by atoms with Crippen LogP contribution >= 0.6 is 0 Å². The Bertz CT molecular complexity index is 739. The quantitative estimate of drug-likeness (QED) is 0.592. The van der Waals surface area contributed by atoms with E-state index in [2.05, 4.69) is 21.9 Å². The highest BCUT2D eigenvalue weighted by molar-refractivity contribution is 6.10. The minimum absolute atomic E-state index is 0.226. The Morgan fingerprint density at radius 1 is 1.16 bits per heavy atom. The number of imidazole rings is 1. The molecule has 19 heavy (non-hydrogen) atoms. The minimum atomic E-state index is -0.275. The number of aromatic nitrogens is 2. The fourth-order valence-electron chi connectivity index (χ4n) is 2.20. The van der Waals surface area contributed by atoms with Gasteiger partial charge in [-0.15, -0.1) is 0 Å². The monoisotopic (exact) mass is 255 g/mol. The Morgan fingerprint density at radius 3 is 2.68 bits per heavy atom. The number of hydrogen-bond acceptors (Lipinski definition) is 3. The van der Waals surface area contributed by atoms with Crippen molar-refractivity contribution in [1.82, 2.24) is 14.9 Å². The number of benzene rings is 1. The van der Waals surface area contributed by atoms with E-state index in [1.165, 1.54) is 0 Å². The number of carbonyl (C=O) groups excluding carboxylic acids is 1. The predicted octanol–water partition coefficient (Wildman–Crippen LogP) is 1.10. The molecular weight excluding hydrogens is 242 g/mol. The van der Waals surface area contributed by atoms with E-state index in [9.17, 15) is 9.59 Å². The van der Waals surface area contributed by atoms with Gasteiger partial charge in [-0.1, -0.05) is 0 Å². The molecule has 5 heteroatoms. The highest BCUT2D eigenvalue weighted by Crippen LogP contribution is 2.10. The molecular formula is C14H13N3O2. The predicted molar refractivity (Wildman–Crippen MR) is 71.8 cm³/mol. The third-order valence-corrected chi connectivity index (χ3v) is 3.21. The van der Waals surface area contributed by atoms with Crippen molar-refractivity contribution in [1.29, 1.82) is 0 Å². The zero-order valence-electron chi connectivity index (χ0n) is 10.3. The van der Waals surface area contributed by atoms with Crippen LogP contribution in [0.3, 0.4) is 0 Å². The third kappa shape index (κ3) is 2.38. The number of aromatic amines is 2. The van der Waals surface area contributed by atoms with Crippen LogP contribution in [0.15, 0.2) is 23.0 Å². The molecule has 96 valence electrons. The topological polar surface area (TPSA) is 69.0 Å². The number of nitrogens with zero attached hydrogens (tertiary/aromatic N) is 1. The van der Waals surface area contributed by atoms with Gasteiger partial charge in [0.15, 0.2) is 0 Å². The summed E-state index contributed by atoms with van der Waals surface area (Å²) in [6.07, 6.45) is 2.28. The molecule has 0 spiro atoms. The molecule has 2 N–H and O–H groups in total. The van der Waals surface area contributed by atoms with Gasteiger partial charge in [-0.3, -0.25) is 4.79 Å². The Labute approximate surface area is 109 Å². The molecule has 3 rings (SSSR count). The number of H-pyrrole nitrogens is 2. The SMILES string of the molecule is O=C(C#CN1CCCC1)c1ccc2[nH]c(=O)[nH]c2c1. The summed E-state index contributed by atoms with van der Waals surface area (Å²) >= 11 is 0. The molecule has 0 saturated carbocycles. The maximum absolute atomic E-state index is 11.9. The molecule has 0 atom stereocenters. The van der Waals surface area contributed by atoms with Gasteiger partial charge in [0.25, 0.3) is 0 Å². The van der Waals surface area contributed by atoms with Crippen LogP contribution in [0.1, 0.15) is 23.2 Å². The van der Waals surface area contributed by atoms with E-state index in [1.807, 2.05) is 4.90 Å². The number of nitrogens with one attached hydrogen (secondary N) is 2. The Hall–Kier alpha value is -2.48. The number of rotatable bonds is 1.